The number of rotatable bonds is 6. The number of halogens is 2. The van der Waals surface area contributed by atoms with Gasteiger partial charge in [-0.25, -0.2) is 0 Å². The van der Waals surface area contributed by atoms with Crippen LogP contribution in [0.2, 0.25) is 51.5 Å². The third-order valence-electron chi connectivity index (χ3n) is 7.79. The Balaban J connectivity index is 2.20. The second-order valence-corrected chi connectivity index (χ2v) is 25.2. The van der Waals surface area contributed by atoms with Crippen LogP contribution in [0.25, 0.3) is 11.2 Å². The number of carbonyl (C=O) groups is 1. The molecule has 0 saturated carbocycles. The first-order valence-corrected chi connectivity index (χ1v) is 20.6. The molecule has 202 valence electrons. The van der Waals surface area contributed by atoms with E-state index in [2.05, 4.69) is 88.0 Å². The molecule has 1 saturated heterocycles. The molecule has 1 aliphatic heterocycles. The summed E-state index contributed by atoms with van der Waals surface area (Å²) >= 11 is 12.3. The number of aromatic nitrogens is 4. The number of imidazole rings is 1. The Morgan fingerprint density at radius 2 is 1.53 bits per heavy atom. The zero-order valence-electron chi connectivity index (χ0n) is 23.1. The van der Waals surface area contributed by atoms with Gasteiger partial charge in [0.1, 0.15) is 0 Å². The van der Waals surface area contributed by atoms with E-state index in [0.29, 0.717) is 11.2 Å². The second kappa shape index (κ2) is 10.2. The number of amides is 1. The Morgan fingerprint density at radius 1 is 1.00 bits per heavy atom. The molecular formula is C23H39Cl2N5O3SeSi2. The van der Waals surface area contributed by atoms with Crippen molar-refractivity contribution in [3.05, 3.63) is 16.8 Å². The normalized spacial score (nSPS) is 23.9. The van der Waals surface area contributed by atoms with Gasteiger partial charge in [0.25, 0.3) is 0 Å². The molecule has 1 fully saturated rings. The van der Waals surface area contributed by atoms with Crippen LogP contribution in [0.4, 0.5) is 0 Å². The van der Waals surface area contributed by atoms with Crippen molar-refractivity contribution >= 4 is 71.9 Å². The van der Waals surface area contributed by atoms with Crippen LogP contribution in [0.3, 0.4) is 0 Å². The molecule has 2 aromatic heterocycles. The number of fused-ring (bicyclic) bond motifs is 1. The van der Waals surface area contributed by atoms with E-state index in [1.807, 2.05) is 4.57 Å². The molecule has 2 aromatic rings. The van der Waals surface area contributed by atoms with Crippen LogP contribution in [0.5, 0.6) is 0 Å². The maximum atomic E-state index is 13.3. The van der Waals surface area contributed by atoms with Gasteiger partial charge in [-0.2, -0.15) is 0 Å². The van der Waals surface area contributed by atoms with Crippen LogP contribution in [-0.2, 0) is 13.6 Å². The van der Waals surface area contributed by atoms with E-state index in [0.717, 1.165) is 0 Å². The van der Waals surface area contributed by atoms with Gasteiger partial charge in [0.2, 0.25) is 0 Å². The van der Waals surface area contributed by atoms with Gasteiger partial charge in [-0.1, -0.05) is 0 Å². The van der Waals surface area contributed by atoms with Crippen molar-refractivity contribution in [2.75, 3.05) is 7.05 Å². The first-order chi connectivity index (χ1) is 16.3. The fraction of sp³-hybridized carbons (Fsp3) is 0.739. The Bertz CT molecular complexity index is 1130. The zero-order chi connectivity index (χ0) is 27.4. The molecule has 0 aromatic carbocycles. The molecule has 0 radical (unpaired) electrons. The number of hydrogen-bond acceptors (Lipinski definition) is 6. The summed E-state index contributed by atoms with van der Waals surface area (Å²) in [4.78, 5) is 25.7. The molecule has 3 heterocycles. The van der Waals surface area contributed by atoms with Crippen LogP contribution in [0.15, 0.2) is 6.33 Å². The number of hydrogen-bond donors (Lipinski definition) is 1. The van der Waals surface area contributed by atoms with Gasteiger partial charge in [-0.05, 0) is 0 Å². The van der Waals surface area contributed by atoms with Gasteiger partial charge in [0.05, 0.1) is 0 Å². The van der Waals surface area contributed by atoms with Crippen molar-refractivity contribution < 1.29 is 13.6 Å². The predicted octanol–water partition coefficient (Wildman–Crippen LogP) is 5.66. The van der Waals surface area contributed by atoms with E-state index in [1.54, 1.807) is 13.4 Å². The summed E-state index contributed by atoms with van der Waals surface area (Å²) in [6.45, 7) is 22.2. The van der Waals surface area contributed by atoms with Crippen LogP contribution >= 0.6 is 23.2 Å². The molecule has 0 bridgehead atoms. The first kappa shape index (κ1) is 30.0. The molecule has 1 amide bonds. The minimum atomic E-state index is -2.26. The molecule has 3 rings (SSSR count). The fourth-order valence-corrected chi connectivity index (χ4v) is 10.3. The van der Waals surface area contributed by atoms with Gasteiger partial charge >= 0.3 is 234 Å². The quantitative estimate of drug-likeness (QED) is 0.249. The molecule has 0 aliphatic carbocycles. The maximum absolute atomic E-state index is 13.3. The Labute approximate surface area is 233 Å². The van der Waals surface area contributed by atoms with E-state index in [-0.39, 0.29) is 57.2 Å². The monoisotopic (exact) mass is 639 g/mol. The van der Waals surface area contributed by atoms with Crippen molar-refractivity contribution in [1.82, 2.24) is 24.8 Å². The zero-order valence-corrected chi connectivity index (χ0v) is 28.3. The fourth-order valence-electron chi connectivity index (χ4n) is 3.55. The van der Waals surface area contributed by atoms with Crippen LogP contribution in [0.1, 0.15) is 46.5 Å². The average molecular weight is 640 g/mol. The summed E-state index contributed by atoms with van der Waals surface area (Å²) in [7, 11) is -2.82. The molecule has 0 spiro atoms. The summed E-state index contributed by atoms with van der Waals surface area (Å²) in [6.07, 6.45) is 0.966. The van der Waals surface area contributed by atoms with E-state index in [4.69, 9.17) is 32.1 Å². The SMILES string of the molecule is CNC(=O)[C@@H]1[Se][C@@H](n2cnc3c(Cl)nc(Cl)nc32)[C@H](O[Si](C)(C)C(C)(C)C)[C@@H]1O[Si](C)(C)C(C)(C)C. The molecule has 0 unspecified atom stereocenters. The summed E-state index contributed by atoms with van der Waals surface area (Å²) in [5, 5.41) is 3.08. The van der Waals surface area contributed by atoms with Gasteiger partial charge in [-0.3, -0.25) is 0 Å². The predicted molar refractivity (Wildman–Crippen MR) is 152 cm³/mol. The second-order valence-electron chi connectivity index (χ2n) is 12.4. The molecule has 1 N–H and O–H groups in total. The Kier molecular flexibility index (Phi) is 8.52. The number of nitrogens with zero attached hydrogens (tertiary/aromatic N) is 4. The third-order valence-corrected chi connectivity index (χ3v) is 20.4. The third kappa shape index (κ3) is 5.73. The molecular weight excluding hydrogens is 600 g/mol. The van der Waals surface area contributed by atoms with Crippen LogP contribution in [-0.4, -0.2) is 76.3 Å². The van der Waals surface area contributed by atoms with Crippen molar-refractivity contribution in [3.8, 4) is 0 Å². The summed E-state index contributed by atoms with van der Waals surface area (Å²) in [6, 6.07) is 0. The van der Waals surface area contributed by atoms with E-state index >= 15 is 0 Å². The molecule has 36 heavy (non-hydrogen) atoms. The number of carbonyl (C=O) groups excluding carboxylic acids is 1. The van der Waals surface area contributed by atoms with Crippen molar-refractivity contribution in [3.63, 3.8) is 0 Å². The van der Waals surface area contributed by atoms with E-state index in [1.165, 1.54) is 0 Å². The molecule has 8 nitrogen and oxygen atoms in total. The van der Waals surface area contributed by atoms with Crippen molar-refractivity contribution in [2.45, 2.75) is 99.8 Å². The first-order valence-electron chi connectivity index (χ1n) is 12.1. The van der Waals surface area contributed by atoms with E-state index < -0.39 is 22.7 Å². The Morgan fingerprint density at radius 3 is 2.03 bits per heavy atom. The van der Waals surface area contributed by atoms with Gasteiger partial charge < -0.3 is 0 Å². The van der Waals surface area contributed by atoms with Gasteiger partial charge in [-0.15, -0.1) is 0 Å². The van der Waals surface area contributed by atoms with Gasteiger partial charge in [0.15, 0.2) is 0 Å². The van der Waals surface area contributed by atoms with Gasteiger partial charge in [0, 0.05) is 0 Å². The van der Waals surface area contributed by atoms with Crippen LogP contribution < -0.4 is 5.32 Å². The molecule has 1 aliphatic rings. The minimum absolute atomic E-state index is 0.0248. The van der Waals surface area contributed by atoms with Crippen molar-refractivity contribution in [1.29, 1.82) is 0 Å². The Hall–Kier alpha value is -0.527. The van der Waals surface area contributed by atoms with Crippen molar-refractivity contribution in [2.24, 2.45) is 0 Å². The summed E-state index contributed by atoms with van der Waals surface area (Å²) < 4.78 is 16.1. The average Bonchev–Trinajstić information content (AvgIpc) is 3.27. The molecule has 13 heteroatoms. The molecule has 4 atom stereocenters. The summed E-state index contributed by atoms with van der Waals surface area (Å²) in [5.74, 6) is -0.0276. The summed E-state index contributed by atoms with van der Waals surface area (Å²) in [5.41, 5.74) is 1.02. The van der Waals surface area contributed by atoms with Crippen LogP contribution in [0, 0.1) is 0 Å². The topological polar surface area (TPSA) is 91.2 Å². The van der Waals surface area contributed by atoms with E-state index in [9.17, 15) is 4.79 Å². The number of nitrogens with one attached hydrogen (secondary N) is 1. The standard InChI is InChI=1S/C23H39Cl2N5O3SeSi2/c1-22(2,3)35(8,9)32-14-15(33-36(10,11)23(4,5)6)20(34-16(14)19(31)26-7)30-12-27-13-17(24)28-21(25)29-18(13)30/h12,14-16,20H,1-11H3,(H,26,31)/t14-,15+,16+,20+/m0/s1.